The lowest BCUT2D eigenvalue weighted by molar-refractivity contribution is -0.125. The minimum atomic E-state index is 0.174. The second-order valence-corrected chi connectivity index (χ2v) is 5.79. The van der Waals surface area contributed by atoms with Crippen molar-refractivity contribution >= 4 is 5.91 Å². The molecule has 0 saturated carbocycles. The fourth-order valence-electron chi connectivity index (χ4n) is 2.98. The van der Waals surface area contributed by atoms with Crippen molar-refractivity contribution < 1.29 is 4.79 Å². The third kappa shape index (κ3) is 3.36. The summed E-state index contributed by atoms with van der Waals surface area (Å²) in [6.45, 7) is 2.83. The minimum absolute atomic E-state index is 0.174. The van der Waals surface area contributed by atoms with E-state index < -0.39 is 0 Å². The number of para-hydroxylation sites is 1. The lowest BCUT2D eigenvalue weighted by Gasteiger charge is -2.30. The van der Waals surface area contributed by atoms with E-state index in [0.717, 1.165) is 38.2 Å². The average molecular weight is 298 g/mol. The molecule has 5 nitrogen and oxygen atoms in total. The van der Waals surface area contributed by atoms with Gasteiger partial charge in [0.2, 0.25) is 5.91 Å². The first-order valence-corrected chi connectivity index (χ1v) is 7.79. The molecule has 0 bridgehead atoms. The number of benzene rings is 1. The molecule has 1 aromatic heterocycles. The van der Waals surface area contributed by atoms with Crippen LogP contribution in [0.2, 0.25) is 0 Å². The summed E-state index contributed by atoms with van der Waals surface area (Å²) >= 11 is 0. The summed E-state index contributed by atoms with van der Waals surface area (Å²) in [5.41, 5.74) is 2.29. The van der Waals surface area contributed by atoms with Gasteiger partial charge in [-0.1, -0.05) is 18.2 Å². The van der Waals surface area contributed by atoms with E-state index in [-0.39, 0.29) is 11.8 Å². The monoisotopic (exact) mass is 298 g/mol. The third-order valence-corrected chi connectivity index (χ3v) is 4.27. The number of nitrogens with zero attached hydrogens (tertiary/aromatic N) is 3. The number of carbonyl (C=O) groups excluding carboxylic acids is 1. The molecule has 0 unspecified atom stereocenters. The van der Waals surface area contributed by atoms with Crippen LogP contribution in [0.15, 0.2) is 42.7 Å². The third-order valence-electron chi connectivity index (χ3n) is 4.27. The van der Waals surface area contributed by atoms with Crippen LogP contribution in [-0.4, -0.2) is 40.7 Å². The normalized spacial score (nSPS) is 16.6. The molecule has 5 heteroatoms. The lowest BCUT2D eigenvalue weighted by atomic mass is 9.96. The highest BCUT2D eigenvalue weighted by molar-refractivity contribution is 5.78. The molecule has 2 aromatic rings. The average Bonchev–Trinajstić information content (AvgIpc) is 3.04. The van der Waals surface area contributed by atoms with Crippen LogP contribution in [-0.2, 0) is 11.3 Å². The van der Waals surface area contributed by atoms with E-state index in [1.54, 1.807) is 7.05 Å². The highest BCUT2D eigenvalue weighted by Crippen LogP contribution is 2.19. The van der Waals surface area contributed by atoms with Crippen LogP contribution in [0.1, 0.15) is 18.4 Å². The van der Waals surface area contributed by atoms with Crippen LogP contribution < -0.4 is 5.32 Å². The Labute approximate surface area is 130 Å². The van der Waals surface area contributed by atoms with E-state index in [1.807, 2.05) is 41.2 Å². The van der Waals surface area contributed by atoms with Crippen LogP contribution in [0.3, 0.4) is 0 Å². The van der Waals surface area contributed by atoms with E-state index in [9.17, 15) is 4.79 Å². The number of aromatic nitrogens is 2. The van der Waals surface area contributed by atoms with Crippen molar-refractivity contribution in [3.8, 4) is 5.69 Å². The smallest absolute Gasteiger partial charge is 0.222 e. The van der Waals surface area contributed by atoms with E-state index in [2.05, 4.69) is 21.5 Å². The molecular formula is C17H22N4O. The van der Waals surface area contributed by atoms with Gasteiger partial charge in [-0.15, -0.1) is 0 Å². The molecule has 0 spiro atoms. The van der Waals surface area contributed by atoms with Crippen LogP contribution >= 0.6 is 0 Å². The molecule has 1 amide bonds. The van der Waals surface area contributed by atoms with Gasteiger partial charge in [0, 0.05) is 31.3 Å². The van der Waals surface area contributed by atoms with Crippen LogP contribution in [0, 0.1) is 5.92 Å². The highest BCUT2D eigenvalue weighted by Gasteiger charge is 2.24. The number of carbonyl (C=O) groups is 1. The number of hydrogen-bond acceptors (Lipinski definition) is 3. The molecule has 0 aliphatic carbocycles. The molecule has 0 radical (unpaired) electrons. The lowest BCUT2D eigenvalue weighted by Crippen LogP contribution is -2.39. The molecule has 1 aromatic carbocycles. The number of nitrogens with one attached hydrogen (secondary N) is 1. The topological polar surface area (TPSA) is 50.2 Å². The van der Waals surface area contributed by atoms with E-state index in [0.29, 0.717) is 0 Å². The van der Waals surface area contributed by atoms with Crippen LogP contribution in [0.25, 0.3) is 5.69 Å². The van der Waals surface area contributed by atoms with Crippen LogP contribution in [0.5, 0.6) is 0 Å². The molecular weight excluding hydrogens is 276 g/mol. The van der Waals surface area contributed by atoms with Crippen molar-refractivity contribution in [1.82, 2.24) is 20.0 Å². The molecule has 1 fully saturated rings. The molecule has 2 heterocycles. The Morgan fingerprint density at radius 3 is 2.68 bits per heavy atom. The van der Waals surface area contributed by atoms with Gasteiger partial charge in [0.1, 0.15) is 0 Å². The van der Waals surface area contributed by atoms with Crippen LogP contribution in [0.4, 0.5) is 0 Å². The molecule has 1 N–H and O–H groups in total. The van der Waals surface area contributed by atoms with Crippen molar-refractivity contribution in [2.24, 2.45) is 5.92 Å². The van der Waals surface area contributed by atoms with E-state index in [4.69, 9.17) is 0 Å². The van der Waals surface area contributed by atoms with Gasteiger partial charge in [0.25, 0.3) is 0 Å². The molecule has 0 atom stereocenters. The second-order valence-electron chi connectivity index (χ2n) is 5.79. The van der Waals surface area contributed by atoms with Gasteiger partial charge in [-0.3, -0.25) is 9.69 Å². The van der Waals surface area contributed by atoms with Gasteiger partial charge in [-0.25, -0.2) is 4.68 Å². The Hall–Kier alpha value is -2.14. The Morgan fingerprint density at radius 1 is 1.27 bits per heavy atom. The zero-order valence-electron chi connectivity index (χ0n) is 12.9. The molecule has 116 valence electrons. The summed E-state index contributed by atoms with van der Waals surface area (Å²) in [5.74, 6) is 0.352. The quantitative estimate of drug-likeness (QED) is 0.937. The predicted molar refractivity (Wildman–Crippen MR) is 85.6 cm³/mol. The first kappa shape index (κ1) is 14.8. The van der Waals surface area contributed by atoms with E-state index >= 15 is 0 Å². The first-order chi connectivity index (χ1) is 10.8. The predicted octanol–water partition coefficient (Wildman–Crippen LogP) is 1.83. The van der Waals surface area contributed by atoms with Crippen molar-refractivity contribution in [3.05, 3.63) is 48.3 Å². The van der Waals surface area contributed by atoms with Gasteiger partial charge in [-0.05, 0) is 38.1 Å². The summed E-state index contributed by atoms with van der Waals surface area (Å²) in [7, 11) is 1.71. The van der Waals surface area contributed by atoms with Gasteiger partial charge in [0.15, 0.2) is 0 Å². The van der Waals surface area contributed by atoms with Gasteiger partial charge in [-0.2, -0.15) is 5.10 Å². The maximum atomic E-state index is 11.6. The Bertz CT molecular complexity index is 615. The fourth-order valence-corrected chi connectivity index (χ4v) is 2.98. The summed E-state index contributed by atoms with van der Waals surface area (Å²) in [5, 5.41) is 7.18. The molecule has 3 rings (SSSR count). The number of hydrogen-bond donors (Lipinski definition) is 1. The number of piperidine rings is 1. The Balaban J connectivity index is 1.57. The number of amides is 1. The maximum absolute atomic E-state index is 11.6. The largest absolute Gasteiger partial charge is 0.359 e. The number of rotatable bonds is 4. The van der Waals surface area contributed by atoms with Gasteiger partial charge in [0.05, 0.1) is 11.9 Å². The summed E-state index contributed by atoms with van der Waals surface area (Å²) < 4.78 is 1.91. The molecule has 1 aliphatic heterocycles. The van der Waals surface area contributed by atoms with Crippen molar-refractivity contribution in [2.45, 2.75) is 19.4 Å². The first-order valence-electron chi connectivity index (χ1n) is 7.79. The zero-order valence-corrected chi connectivity index (χ0v) is 12.9. The molecule has 22 heavy (non-hydrogen) atoms. The Morgan fingerprint density at radius 2 is 2.00 bits per heavy atom. The standard InChI is InChI=1S/C17H22N4O/c1-18-17(22)15-7-9-20(10-8-15)12-14-11-19-21(13-14)16-5-3-2-4-6-16/h2-6,11,13,15H,7-10,12H2,1H3,(H,18,22). The summed E-state index contributed by atoms with van der Waals surface area (Å²) in [6.07, 6.45) is 5.89. The molecule has 1 saturated heterocycles. The van der Waals surface area contributed by atoms with Crippen molar-refractivity contribution in [3.63, 3.8) is 0 Å². The summed E-state index contributed by atoms with van der Waals surface area (Å²) in [4.78, 5) is 14.0. The number of likely N-dealkylation sites (tertiary alicyclic amines) is 1. The molecule has 1 aliphatic rings. The van der Waals surface area contributed by atoms with Gasteiger partial charge < -0.3 is 5.32 Å². The van der Waals surface area contributed by atoms with Crippen molar-refractivity contribution in [2.75, 3.05) is 20.1 Å². The fraction of sp³-hybridized carbons (Fsp3) is 0.412. The zero-order chi connectivity index (χ0) is 15.4. The second kappa shape index (κ2) is 6.75. The SMILES string of the molecule is CNC(=O)C1CCN(Cc2cnn(-c3ccccc3)c2)CC1. The highest BCUT2D eigenvalue weighted by atomic mass is 16.1. The summed E-state index contributed by atoms with van der Waals surface area (Å²) in [6, 6.07) is 10.1. The van der Waals surface area contributed by atoms with E-state index in [1.165, 1.54) is 5.56 Å². The minimum Gasteiger partial charge on any atom is -0.359 e. The maximum Gasteiger partial charge on any atom is 0.222 e. The Kier molecular flexibility index (Phi) is 4.53. The van der Waals surface area contributed by atoms with Gasteiger partial charge >= 0.3 is 0 Å². The van der Waals surface area contributed by atoms with Crippen molar-refractivity contribution in [1.29, 1.82) is 0 Å².